The third kappa shape index (κ3) is 4.13. The molecule has 1 N–H and O–H groups in total. The standard InChI is InChI=1S/C13H19Cl2NS/c1-2-7-16-11(6-5-9-3-4-9)10-8-12(14)17-13(10)15/h8-9,11,16H,2-7H2,1H3. The molecular formula is C13H19Cl2NS. The molecule has 1 heterocycles. The van der Waals surface area contributed by atoms with Gasteiger partial charge in [0.15, 0.2) is 0 Å². The molecule has 1 aliphatic rings. The van der Waals surface area contributed by atoms with Gasteiger partial charge in [0.1, 0.15) is 0 Å². The molecule has 1 nitrogen and oxygen atoms in total. The minimum absolute atomic E-state index is 0.381. The van der Waals surface area contributed by atoms with Crippen LogP contribution in [0.25, 0.3) is 0 Å². The normalized spacial score (nSPS) is 17.4. The highest BCUT2D eigenvalue weighted by molar-refractivity contribution is 7.20. The summed E-state index contributed by atoms with van der Waals surface area (Å²) in [6.45, 7) is 3.23. The van der Waals surface area contributed by atoms with Gasteiger partial charge in [-0.25, -0.2) is 0 Å². The van der Waals surface area contributed by atoms with Crippen LogP contribution in [0.2, 0.25) is 8.67 Å². The van der Waals surface area contributed by atoms with E-state index >= 15 is 0 Å². The maximum Gasteiger partial charge on any atom is 0.0991 e. The topological polar surface area (TPSA) is 12.0 Å². The van der Waals surface area contributed by atoms with Gasteiger partial charge in [0, 0.05) is 11.6 Å². The van der Waals surface area contributed by atoms with Crippen molar-refractivity contribution in [1.29, 1.82) is 0 Å². The van der Waals surface area contributed by atoms with Gasteiger partial charge >= 0.3 is 0 Å². The van der Waals surface area contributed by atoms with E-state index in [-0.39, 0.29) is 0 Å². The molecule has 0 bridgehead atoms. The molecule has 17 heavy (non-hydrogen) atoms. The zero-order valence-electron chi connectivity index (χ0n) is 10.1. The summed E-state index contributed by atoms with van der Waals surface area (Å²) < 4.78 is 1.64. The van der Waals surface area contributed by atoms with Gasteiger partial charge in [-0.1, -0.05) is 43.0 Å². The average Bonchev–Trinajstić information content (AvgIpc) is 3.05. The van der Waals surface area contributed by atoms with Crippen LogP contribution in [0.1, 0.15) is 50.6 Å². The number of hydrogen-bond donors (Lipinski definition) is 1. The van der Waals surface area contributed by atoms with Crippen LogP contribution in [0.5, 0.6) is 0 Å². The largest absolute Gasteiger partial charge is 0.310 e. The molecule has 96 valence electrons. The predicted octanol–water partition coefficient (Wildman–Crippen LogP) is 5.29. The Bertz CT molecular complexity index is 360. The van der Waals surface area contributed by atoms with E-state index in [1.165, 1.54) is 42.6 Å². The van der Waals surface area contributed by atoms with Gasteiger partial charge in [0.25, 0.3) is 0 Å². The first kappa shape index (κ1) is 13.7. The van der Waals surface area contributed by atoms with E-state index in [9.17, 15) is 0 Å². The van der Waals surface area contributed by atoms with Gasteiger partial charge in [-0.15, -0.1) is 11.3 Å². The third-order valence-electron chi connectivity index (χ3n) is 3.26. The molecule has 1 unspecified atom stereocenters. The quantitative estimate of drug-likeness (QED) is 0.720. The van der Waals surface area contributed by atoms with Gasteiger partial charge in [-0.2, -0.15) is 0 Å². The summed E-state index contributed by atoms with van der Waals surface area (Å²) in [7, 11) is 0. The molecule has 1 aromatic heterocycles. The molecule has 0 radical (unpaired) electrons. The highest BCUT2D eigenvalue weighted by Gasteiger charge is 2.24. The summed E-state index contributed by atoms with van der Waals surface area (Å²) in [5.41, 5.74) is 1.19. The lowest BCUT2D eigenvalue weighted by molar-refractivity contribution is 0.471. The SMILES string of the molecule is CCCNC(CCC1CC1)c1cc(Cl)sc1Cl. The van der Waals surface area contributed by atoms with Crippen LogP contribution in [0.3, 0.4) is 0 Å². The first-order valence-electron chi connectivity index (χ1n) is 6.38. The van der Waals surface area contributed by atoms with Crippen LogP contribution in [0, 0.1) is 5.92 Å². The van der Waals surface area contributed by atoms with E-state index in [2.05, 4.69) is 12.2 Å². The predicted molar refractivity (Wildman–Crippen MR) is 77.3 cm³/mol. The Morgan fingerprint density at radius 2 is 2.24 bits per heavy atom. The second-order valence-electron chi connectivity index (χ2n) is 4.81. The first-order valence-corrected chi connectivity index (χ1v) is 7.96. The maximum absolute atomic E-state index is 6.24. The highest BCUT2D eigenvalue weighted by Crippen LogP contribution is 2.40. The molecule has 0 aromatic carbocycles. The molecule has 0 spiro atoms. The molecule has 1 aromatic rings. The summed E-state index contributed by atoms with van der Waals surface area (Å²) in [5, 5.41) is 3.59. The van der Waals surface area contributed by atoms with Crippen molar-refractivity contribution in [3.63, 3.8) is 0 Å². The van der Waals surface area contributed by atoms with Gasteiger partial charge < -0.3 is 5.32 Å². The van der Waals surface area contributed by atoms with Crippen LogP contribution in [0.15, 0.2) is 6.07 Å². The van der Waals surface area contributed by atoms with Crippen LogP contribution < -0.4 is 5.32 Å². The van der Waals surface area contributed by atoms with Gasteiger partial charge in [0.2, 0.25) is 0 Å². The average molecular weight is 292 g/mol. The Balaban J connectivity index is 1.98. The minimum atomic E-state index is 0.381. The molecule has 0 amide bonds. The van der Waals surface area contributed by atoms with Crippen molar-refractivity contribution in [1.82, 2.24) is 5.32 Å². The van der Waals surface area contributed by atoms with Crippen molar-refractivity contribution in [2.45, 2.75) is 45.1 Å². The second kappa shape index (κ2) is 6.42. The van der Waals surface area contributed by atoms with E-state index in [1.807, 2.05) is 6.07 Å². The molecule has 2 rings (SSSR count). The van der Waals surface area contributed by atoms with Gasteiger partial charge in [-0.05, 0) is 37.8 Å². The summed E-state index contributed by atoms with van der Waals surface area (Å²) >= 11 is 13.7. The fraction of sp³-hybridized carbons (Fsp3) is 0.692. The molecule has 1 aliphatic carbocycles. The molecule has 1 atom stereocenters. The fourth-order valence-electron chi connectivity index (χ4n) is 2.09. The Morgan fingerprint density at radius 1 is 1.47 bits per heavy atom. The zero-order valence-corrected chi connectivity index (χ0v) is 12.5. The van der Waals surface area contributed by atoms with E-state index < -0.39 is 0 Å². The summed E-state index contributed by atoms with van der Waals surface area (Å²) in [5.74, 6) is 0.966. The molecule has 1 saturated carbocycles. The Hall–Kier alpha value is 0.240. The van der Waals surface area contributed by atoms with Gasteiger partial charge in [0.05, 0.1) is 8.67 Å². The molecule has 0 aliphatic heterocycles. The number of nitrogens with one attached hydrogen (secondary N) is 1. The van der Waals surface area contributed by atoms with Crippen molar-refractivity contribution in [3.05, 3.63) is 20.3 Å². The summed E-state index contributed by atoms with van der Waals surface area (Å²) in [6.07, 6.45) is 6.47. The number of rotatable bonds is 7. The monoisotopic (exact) mass is 291 g/mol. The molecule has 0 saturated heterocycles. The third-order valence-corrected chi connectivity index (χ3v) is 4.78. The maximum atomic E-state index is 6.24. The summed E-state index contributed by atoms with van der Waals surface area (Å²) in [6, 6.07) is 2.40. The highest BCUT2D eigenvalue weighted by atomic mass is 35.5. The van der Waals surface area contributed by atoms with E-state index in [0.29, 0.717) is 6.04 Å². The Kier molecular flexibility index (Phi) is 5.16. The summed E-state index contributed by atoms with van der Waals surface area (Å²) in [4.78, 5) is 0. The number of halogens is 2. The molecule has 4 heteroatoms. The van der Waals surface area contributed by atoms with Crippen LogP contribution >= 0.6 is 34.5 Å². The van der Waals surface area contributed by atoms with E-state index in [0.717, 1.165) is 27.6 Å². The van der Waals surface area contributed by atoms with Crippen LogP contribution in [-0.2, 0) is 0 Å². The first-order chi connectivity index (χ1) is 8.20. The minimum Gasteiger partial charge on any atom is -0.310 e. The van der Waals surface area contributed by atoms with Crippen molar-refractivity contribution < 1.29 is 0 Å². The van der Waals surface area contributed by atoms with Crippen LogP contribution in [-0.4, -0.2) is 6.54 Å². The lowest BCUT2D eigenvalue weighted by atomic mass is 10.0. The molecular weight excluding hydrogens is 273 g/mol. The van der Waals surface area contributed by atoms with E-state index in [4.69, 9.17) is 23.2 Å². The zero-order chi connectivity index (χ0) is 12.3. The van der Waals surface area contributed by atoms with E-state index in [1.54, 1.807) is 0 Å². The fourth-order valence-corrected chi connectivity index (χ4v) is 3.66. The number of thiophene rings is 1. The van der Waals surface area contributed by atoms with Crippen molar-refractivity contribution in [3.8, 4) is 0 Å². The Labute approximate surface area is 118 Å². The van der Waals surface area contributed by atoms with Crippen molar-refractivity contribution >= 4 is 34.5 Å². The lowest BCUT2D eigenvalue weighted by Gasteiger charge is -2.18. The second-order valence-corrected chi connectivity index (χ2v) is 7.09. The van der Waals surface area contributed by atoms with Gasteiger partial charge in [-0.3, -0.25) is 0 Å². The lowest BCUT2D eigenvalue weighted by Crippen LogP contribution is -2.22. The smallest absolute Gasteiger partial charge is 0.0991 e. The number of hydrogen-bond acceptors (Lipinski definition) is 2. The Morgan fingerprint density at radius 3 is 2.76 bits per heavy atom. The van der Waals surface area contributed by atoms with Crippen molar-refractivity contribution in [2.24, 2.45) is 5.92 Å². The van der Waals surface area contributed by atoms with Crippen molar-refractivity contribution in [2.75, 3.05) is 6.54 Å². The molecule has 1 fully saturated rings. The van der Waals surface area contributed by atoms with Crippen LogP contribution in [0.4, 0.5) is 0 Å².